The van der Waals surface area contributed by atoms with E-state index in [-0.39, 0.29) is 22.4 Å². The number of aliphatic hydroxyl groups is 1. The third-order valence-corrected chi connectivity index (χ3v) is 4.24. The Hall–Kier alpha value is -2.23. The molecule has 1 amide bonds. The van der Waals surface area contributed by atoms with Crippen LogP contribution in [0.15, 0.2) is 39.9 Å². The summed E-state index contributed by atoms with van der Waals surface area (Å²) >= 11 is 11.7. The number of hydrogen-bond donors (Lipinski definition) is 1. The van der Waals surface area contributed by atoms with E-state index in [0.717, 1.165) is 12.3 Å². The van der Waals surface area contributed by atoms with E-state index >= 15 is 0 Å². The predicted octanol–water partition coefficient (Wildman–Crippen LogP) is 4.25. The monoisotopic (exact) mass is 422 g/mol. The number of amides is 1. The average molecular weight is 423 g/mol. The molecule has 0 radical (unpaired) electrons. The molecule has 1 N–H and O–H groups in total. The van der Waals surface area contributed by atoms with E-state index in [9.17, 15) is 23.1 Å². The fourth-order valence-electron chi connectivity index (χ4n) is 2.30. The molecule has 144 valence electrons. The molecular formula is C16H11Cl2F3N2O4. The predicted molar refractivity (Wildman–Crippen MR) is 89.8 cm³/mol. The van der Waals surface area contributed by atoms with E-state index in [1.807, 2.05) is 0 Å². The molecule has 1 aromatic carbocycles. The maximum absolute atomic E-state index is 13.1. The van der Waals surface area contributed by atoms with Crippen molar-refractivity contribution in [2.75, 3.05) is 0 Å². The summed E-state index contributed by atoms with van der Waals surface area (Å²) in [5.41, 5.74) is -3.41. The van der Waals surface area contributed by atoms with E-state index in [1.165, 1.54) is 18.2 Å². The molecule has 2 heterocycles. The van der Waals surface area contributed by atoms with Crippen molar-refractivity contribution in [2.24, 2.45) is 5.10 Å². The lowest BCUT2D eigenvalue weighted by molar-refractivity contribution is -0.297. The van der Waals surface area contributed by atoms with E-state index in [4.69, 9.17) is 32.4 Å². The minimum atomic E-state index is -5.08. The van der Waals surface area contributed by atoms with Crippen LogP contribution >= 0.6 is 23.2 Å². The van der Waals surface area contributed by atoms with Gasteiger partial charge in [-0.05, 0) is 30.3 Å². The van der Waals surface area contributed by atoms with Crippen LogP contribution in [0, 0.1) is 0 Å². The first kappa shape index (κ1) is 19.5. The third-order valence-electron chi connectivity index (χ3n) is 3.71. The van der Waals surface area contributed by atoms with Gasteiger partial charge in [0.25, 0.3) is 5.72 Å². The first-order valence-electron chi connectivity index (χ1n) is 7.44. The van der Waals surface area contributed by atoms with Gasteiger partial charge >= 0.3 is 12.1 Å². The Morgan fingerprint density at radius 2 is 2.07 bits per heavy atom. The van der Waals surface area contributed by atoms with Crippen molar-refractivity contribution in [1.29, 1.82) is 0 Å². The molecule has 0 bridgehead atoms. The molecule has 0 saturated heterocycles. The number of carbonyl (C=O) groups excluding carboxylic acids is 1. The van der Waals surface area contributed by atoms with Crippen LogP contribution in [0.25, 0.3) is 0 Å². The summed E-state index contributed by atoms with van der Waals surface area (Å²) < 4.78 is 49.8. The molecule has 3 rings (SSSR count). The van der Waals surface area contributed by atoms with Gasteiger partial charge in [-0.3, -0.25) is 4.79 Å². The zero-order chi connectivity index (χ0) is 19.8. The van der Waals surface area contributed by atoms with Crippen LogP contribution in [-0.4, -0.2) is 34.1 Å². The zero-order valence-electron chi connectivity index (χ0n) is 13.3. The van der Waals surface area contributed by atoms with Crippen LogP contribution < -0.4 is 4.74 Å². The second-order valence-corrected chi connectivity index (χ2v) is 6.41. The molecule has 1 unspecified atom stereocenters. The van der Waals surface area contributed by atoms with Crippen LogP contribution in [-0.2, 0) is 6.61 Å². The Balaban J connectivity index is 1.72. The van der Waals surface area contributed by atoms with Crippen molar-refractivity contribution in [3.05, 3.63) is 51.9 Å². The number of hydrazone groups is 1. The number of benzene rings is 1. The first-order chi connectivity index (χ1) is 12.6. The Bertz CT molecular complexity index is 900. The van der Waals surface area contributed by atoms with Gasteiger partial charge in [0.05, 0.1) is 5.02 Å². The van der Waals surface area contributed by atoms with Gasteiger partial charge in [0.1, 0.15) is 18.1 Å². The van der Waals surface area contributed by atoms with Gasteiger partial charge in [-0.25, -0.2) is 0 Å². The number of hydrogen-bond acceptors (Lipinski definition) is 5. The van der Waals surface area contributed by atoms with Gasteiger partial charge in [-0.15, -0.1) is 0 Å². The quantitative estimate of drug-likeness (QED) is 0.798. The molecule has 0 saturated carbocycles. The van der Waals surface area contributed by atoms with Gasteiger partial charge < -0.3 is 14.3 Å². The number of furan rings is 1. The fourth-order valence-corrected chi connectivity index (χ4v) is 2.77. The van der Waals surface area contributed by atoms with Crippen molar-refractivity contribution in [3.8, 4) is 5.75 Å². The molecule has 0 fully saturated rings. The number of rotatable bonds is 4. The highest BCUT2D eigenvalue weighted by Gasteiger charge is 2.61. The smallest absolute Gasteiger partial charge is 0.438 e. The number of halogens is 5. The molecule has 0 aliphatic carbocycles. The summed E-state index contributed by atoms with van der Waals surface area (Å²) in [6, 6.07) is 7.07. The summed E-state index contributed by atoms with van der Waals surface area (Å²) in [5.74, 6) is -1.21. The lowest BCUT2D eigenvalue weighted by atomic mass is 10.1. The number of carbonyl (C=O) groups is 1. The standard InChI is InChI=1S/C16H11Cl2F3N2O4/c17-9-1-3-12(11(18)7-9)26-8-10-2-4-13(27-10)14(24)23-15(25,5-6-22-23)16(19,20)21/h1-4,6-7,25H,5,8H2. The second-order valence-electron chi connectivity index (χ2n) is 5.56. The molecule has 1 aliphatic heterocycles. The van der Waals surface area contributed by atoms with Crippen molar-refractivity contribution >= 4 is 35.3 Å². The Morgan fingerprint density at radius 1 is 1.33 bits per heavy atom. The van der Waals surface area contributed by atoms with Crippen LogP contribution in [0.5, 0.6) is 5.75 Å². The molecule has 27 heavy (non-hydrogen) atoms. The average Bonchev–Trinajstić information content (AvgIpc) is 3.20. The highest BCUT2D eigenvalue weighted by molar-refractivity contribution is 6.35. The summed E-state index contributed by atoms with van der Waals surface area (Å²) in [5, 5.41) is 13.7. The maximum atomic E-state index is 13.1. The van der Waals surface area contributed by atoms with Gasteiger partial charge in [-0.2, -0.15) is 23.3 Å². The van der Waals surface area contributed by atoms with Crippen molar-refractivity contribution in [2.45, 2.75) is 24.9 Å². The van der Waals surface area contributed by atoms with Gasteiger partial charge in [-0.1, -0.05) is 23.2 Å². The van der Waals surface area contributed by atoms with E-state index in [1.54, 1.807) is 6.07 Å². The second kappa shape index (κ2) is 7.06. The number of nitrogens with zero attached hydrogens (tertiary/aromatic N) is 2. The molecule has 6 nitrogen and oxygen atoms in total. The number of ether oxygens (including phenoxy) is 1. The molecule has 0 spiro atoms. The fraction of sp³-hybridized carbons (Fsp3) is 0.250. The van der Waals surface area contributed by atoms with E-state index < -0.39 is 30.0 Å². The van der Waals surface area contributed by atoms with Crippen LogP contribution in [0.2, 0.25) is 10.0 Å². The summed E-state index contributed by atoms with van der Waals surface area (Å²) in [6.45, 7) is -0.137. The molecule has 2 aromatic rings. The first-order valence-corrected chi connectivity index (χ1v) is 8.20. The van der Waals surface area contributed by atoms with Crippen molar-refractivity contribution in [3.63, 3.8) is 0 Å². The maximum Gasteiger partial charge on any atom is 0.438 e. The third kappa shape index (κ3) is 3.76. The molecule has 1 aliphatic rings. The van der Waals surface area contributed by atoms with Crippen LogP contribution in [0.4, 0.5) is 13.2 Å². The lowest BCUT2D eigenvalue weighted by Gasteiger charge is -2.31. The van der Waals surface area contributed by atoms with E-state index in [2.05, 4.69) is 5.10 Å². The van der Waals surface area contributed by atoms with Gasteiger partial charge in [0.15, 0.2) is 5.76 Å². The summed E-state index contributed by atoms with van der Waals surface area (Å²) in [7, 11) is 0. The largest absolute Gasteiger partial charge is 0.484 e. The molecule has 11 heteroatoms. The normalized spacial score (nSPS) is 19.6. The topological polar surface area (TPSA) is 75.3 Å². The minimum Gasteiger partial charge on any atom is -0.484 e. The minimum absolute atomic E-state index is 0.0491. The highest BCUT2D eigenvalue weighted by Crippen LogP contribution is 2.39. The summed E-state index contributed by atoms with van der Waals surface area (Å²) in [4.78, 5) is 12.3. The van der Waals surface area contributed by atoms with Gasteiger partial charge in [0, 0.05) is 17.7 Å². The van der Waals surface area contributed by atoms with E-state index in [0.29, 0.717) is 10.8 Å². The Morgan fingerprint density at radius 3 is 2.74 bits per heavy atom. The van der Waals surface area contributed by atoms with Gasteiger partial charge in [0.2, 0.25) is 0 Å². The zero-order valence-corrected chi connectivity index (χ0v) is 14.8. The molecule has 1 atom stereocenters. The van der Waals surface area contributed by atoms with Crippen LogP contribution in [0.1, 0.15) is 22.7 Å². The lowest BCUT2D eigenvalue weighted by Crippen LogP contribution is -2.56. The highest BCUT2D eigenvalue weighted by atomic mass is 35.5. The van der Waals surface area contributed by atoms with Crippen molar-refractivity contribution < 1.29 is 32.2 Å². The molecule has 1 aromatic heterocycles. The number of alkyl halides is 3. The summed E-state index contributed by atoms with van der Waals surface area (Å²) in [6.07, 6.45) is -5.14. The Kier molecular flexibility index (Phi) is 5.11. The SMILES string of the molecule is O=C(c1ccc(COc2ccc(Cl)cc2Cl)o1)N1N=CCC1(O)C(F)(F)F. The Labute approximate surface area is 160 Å². The van der Waals surface area contributed by atoms with Crippen LogP contribution in [0.3, 0.4) is 0 Å². The van der Waals surface area contributed by atoms with Crippen molar-refractivity contribution in [1.82, 2.24) is 5.01 Å². The molecular weight excluding hydrogens is 412 g/mol.